The number of ether oxygens (including phenoxy) is 1. The van der Waals surface area contributed by atoms with Crippen LogP contribution in [-0.4, -0.2) is 24.1 Å². The fourth-order valence-corrected chi connectivity index (χ4v) is 2.90. The average Bonchev–Trinajstić information content (AvgIpc) is 2.94. The molecule has 0 unspecified atom stereocenters. The number of hydrogen-bond donors (Lipinski definition) is 1. The van der Waals surface area contributed by atoms with E-state index in [0.29, 0.717) is 10.8 Å². The van der Waals surface area contributed by atoms with Gasteiger partial charge in [-0.05, 0) is 18.2 Å². The number of nitrogens with zero attached hydrogens (tertiary/aromatic N) is 2. The third-order valence-electron chi connectivity index (χ3n) is 2.93. The number of methoxy groups -OCH3 is 1. The Morgan fingerprint density at radius 3 is 2.80 bits per heavy atom. The minimum Gasteiger partial charge on any atom is -0.496 e. The van der Waals surface area contributed by atoms with Crippen molar-refractivity contribution in [2.45, 2.75) is 0 Å². The van der Waals surface area contributed by atoms with Crippen molar-refractivity contribution < 1.29 is 4.74 Å². The molecular formula is C14H12ClN3OS. The number of aromatic nitrogens is 2. The van der Waals surface area contributed by atoms with Crippen molar-refractivity contribution in [1.29, 1.82) is 0 Å². The van der Waals surface area contributed by atoms with Crippen LogP contribution in [0.3, 0.4) is 0 Å². The second-order valence-corrected chi connectivity index (χ2v) is 5.51. The molecule has 1 N–H and O–H groups in total. The molecule has 0 spiro atoms. The van der Waals surface area contributed by atoms with Gasteiger partial charge in [0.25, 0.3) is 0 Å². The van der Waals surface area contributed by atoms with E-state index in [1.165, 1.54) is 0 Å². The molecule has 102 valence electrons. The van der Waals surface area contributed by atoms with Crippen molar-refractivity contribution in [2.24, 2.45) is 0 Å². The zero-order valence-electron chi connectivity index (χ0n) is 11.0. The van der Waals surface area contributed by atoms with Crippen molar-refractivity contribution in [2.75, 3.05) is 19.5 Å². The fourth-order valence-electron chi connectivity index (χ4n) is 1.95. The van der Waals surface area contributed by atoms with Crippen LogP contribution in [-0.2, 0) is 0 Å². The lowest BCUT2D eigenvalue weighted by molar-refractivity contribution is 0.417. The van der Waals surface area contributed by atoms with Gasteiger partial charge in [-0.25, -0.2) is 9.97 Å². The van der Waals surface area contributed by atoms with Crippen molar-refractivity contribution in [3.8, 4) is 16.5 Å². The Morgan fingerprint density at radius 2 is 2.10 bits per heavy atom. The van der Waals surface area contributed by atoms with E-state index in [1.807, 2.05) is 36.7 Å². The van der Waals surface area contributed by atoms with Gasteiger partial charge in [0, 0.05) is 28.9 Å². The van der Waals surface area contributed by atoms with E-state index in [0.717, 1.165) is 27.3 Å². The first kappa shape index (κ1) is 13.1. The van der Waals surface area contributed by atoms with Crippen molar-refractivity contribution >= 4 is 39.7 Å². The molecule has 0 saturated heterocycles. The summed E-state index contributed by atoms with van der Waals surface area (Å²) in [6, 6.07) is 7.52. The molecule has 3 aromatic rings. The number of thiophene rings is 1. The Kier molecular flexibility index (Phi) is 3.46. The van der Waals surface area contributed by atoms with Crippen LogP contribution in [0.2, 0.25) is 5.02 Å². The Labute approximate surface area is 125 Å². The number of nitrogens with one attached hydrogen (secondary N) is 1. The molecule has 4 nitrogen and oxygen atoms in total. The number of benzene rings is 1. The van der Waals surface area contributed by atoms with Crippen LogP contribution < -0.4 is 10.1 Å². The van der Waals surface area contributed by atoms with Crippen LogP contribution in [0, 0.1) is 0 Å². The van der Waals surface area contributed by atoms with Gasteiger partial charge in [-0.3, -0.25) is 0 Å². The zero-order chi connectivity index (χ0) is 14.1. The SMILES string of the molecule is CNc1nc(-c2cc(OC)cs2)nc2cc(Cl)ccc12. The molecule has 0 fully saturated rings. The number of halogens is 1. The van der Waals surface area contributed by atoms with Crippen LogP contribution in [0.25, 0.3) is 21.6 Å². The van der Waals surface area contributed by atoms with Crippen molar-refractivity contribution in [1.82, 2.24) is 9.97 Å². The zero-order valence-corrected chi connectivity index (χ0v) is 12.5. The maximum Gasteiger partial charge on any atom is 0.172 e. The number of fused-ring (bicyclic) bond motifs is 1. The summed E-state index contributed by atoms with van der Waals surface area (Å²) >= 11 is 7.59. The maximum absolute atomic E-state index is 6.04. The smallest absolute Gasteiger partial charge is 0.172 e. The summed E-state index contributed by atoms with van der Waals surface area (Å²) in [7, 11) is 3.49. The van der Waals surface area contributed by atoms with E-state index in [-0.39, 0.29) is 0 Å². The van der Waals surface area contributed by atoms with Crippen LogP contribution in [0.4, 0.5) is 5.82 Å². The van der Waals surface area contributed by atoms with E-state index < -0.39 is 0 Å². The topological polar surface area (TPSA) is 47.0 Å². The van der Waals surface area contributed by atoms with Crippen molar-refractivity contribution in [3.63, 3.8) is 0 Å². The predicted octanol–water partition coefficient (Wildman–Crippen LogP) is 4.06. The Balaban J connectivity index is 2.20. The second-order valence-electron chi connectivity index (χ2n) is 4.16. The molecule has 0 aliphatic carbocycles. The van der Waals surface area contributed by atoms with E-state index in [9.17, 15) is 0 Å². The van der Waals surface area contributed by atoms with E-state index >= 15 is 0 Å². The number of rotatable bonds is 3. The lowest BCUT2D eigenvalue weighted by Gasteiger charge is -2.07. The van der Waals surface area contributed by atoms with Crippen LogP contribution in [0.15, 0.2) is 29.6 Å². The monoisotopic (exact) mass is 305 g/mol. The van der Waals surface area contributed by atoms with Crippen LogP contribution >= 0.6 is 22.9 Å². The highest BCUT2D eigenvalue weighted by atomic mass is 35.5. The fraction of sp³-hybridized carbons (Fsp3) is 0.143. The standard InChI is InChI=1S/C14H12ClN3OS/c1-16-13-10-4-3-8(15)5-11(10)17-14(18-13)12-6-9(19-2)7-20-12/h3-7H,1-2H3,(H,16,17,18). The average molecular weight is 306 g/mol. The first-order valence-electron chi connectivity index (χ1n) is 5.99. The highest BCUT2D eigenvalue weighted by molar-refractivity contribution is 7.13. The van der Waals surface area contributed by atoms with Crippen LogP contribution in [0.5, 0.6) is 5.75 Å². The van der Waals surface area contributed by atoms with Gasteiger partial charge in [-0.2, -0.15) is 0 Å². The van der Waals surface area contributed by atoms with Gasteiger partial charge in [-0.15, -0.1) is 11.3 Å². The quantitative estimate of drug-likeness (QED) is 0.792. The Bertz CT molecular complexity index is 772. The molecule has 6 heteroatoms. The van der Waals surface area contributed by atoms with Gasteiger partial charge in [0.05, 0.1) is 17.5 Å². The van der Waals surface area contributed by atoms with E-state index in [1.54, 1.807) is 18.4 Å². The molecule has 0 saturated carbocycles. The molecule has 2 aromatic heterocycles. The molecule has 0 aliphatic heterocycles. The summed E-state index contributed by atoms with van der Waals surface area (Å²) < 4.78 is 5.20. The summed E-state index contributed by atoms with van der Waals surface area (Å²) in [5.74, 6) is 2.26. The Morgan fingerprint density at radius 1 is 1.25 bits per heavy atom. The molecule has 0 aliphatic rings. The molecule has 1 aromatic carbocycles. The lowest BCUT2D eigenvalue weighted by atomic mass is 10.2. The van der Waals surface area contributed by atoms with Gasteiger partial charge in [0.15, 0.2) is 5.82 Å². The third kappa shape index (κ3) is 2.30. The minimum absolute atomic E-state index is 0.660. The molecule has 3 rings (SSSR count). The van der Waals surface area contributed by atoms with Gasteiger partial charge >= 0.3 is 0 Å². The normalized spacial score (nSPS) is 10.8. The molecule has 20 heavy (non-hydrogen) atoms. The second kappa shape index (κ2) is 5.26. The highest BCUT2D eigenvalue weighted by Gasteiger charge is 2.11. The predicted molar refractivity (Wildman–Crippen MR) is 84.0 cm³/mol. The van der Waals surface area contributed by atoms with Gasteiger partial charge in [0.2, 0.25) is 0 Å². The third-order valence-corrected chi connectivity index (χ3v) is 4.07. The Hall–Kier alpha value is -1.85. The largest absolute Gasteiger partial charge is 0.496 e. The van der Waals surface area contributed by atoms with Crippen molar-refractivity contribution in [3.05, 3.63) is 34.7 Å². The summed E-state index contributed by atoms with van der Waals surface area (Å²) in [6.07, 6.45) is 0. The lowest BCUT2D eigenvalue weighted by Crippen LogP contribution is -1.98. The van der Waals surface area contributed by atoms with Crippen LogP contribution in [0.1, 0.15) is 0 Å². The summed E-state index contributed by atoms with van der Waals surface area (Å²) in [6.45, 7) is 0. The van der Waals surface area contributed by atoms with Gasteiger partial charge < -0.3 is 10.1 Å². The first-order valence-corrected chi connectivity index (χ1v) is 7.25. The summed E-state index contributed by atoms with van der Waals surface area (Å²) in [4.78, 5) is 10.1. The van der Waals surface area contributed by atoms with Gasteiger partial charge in [0.1, 0.15) is 11.6 Å². The molecule has 0 amide bonds. The molecule has 2 heterocycles. The maximum atomic E-state index is 6.04. The molecule has 0 bridgehead atoms. The molecular weight excluding hydrogens is 294 g/mol. The first-order chi connectivity index (χ1) is 9.71. The van der Waals surface area contributed by atoms with E-state index in [4.69, 9.17) is 16.3 Å². The number of hydrogen-bond acceptors (Lipinski definition) is 5. The summed E-state index contributed by atoms with van der Waals surface area (Å²) in [5.41, 5.74) is 0.819. The molecule has 0 atom stereocenters. The molecule has 0 radical (unpaired) electrons. The van der Waals surface area contributed by atoms with E-state index in [2.05, 4.69) is 15.3 Å². The number of anilines is 1. The van der Waals surface area contributed by atoms with Gasteiger partial charge in [-0.1, -0.05) is 11.6 Å². The summed E-state index contributed by atoms with van der Waals surface area (Å²) in [5, 5.41) is 6.64. The highest BCUT2D eigenvalue weighted by Crippen LogP contribution is 2.32. The minimum atomic E-state index is 0.660.